The molecule has 0 bridgehead atoms. The Bertz CT molecular complexity index is 595. The van der Waals surface area contributed by atoms with Crippen LogP contribution in [0.1, 0.15) is 33.3 Å². The molecule has 1 aromatic rings. The lowest BCUT2D eigenvalue weighted by Crippen LogP contribution is -2.62. The topological polar surface area (TPSA) is 79.9 Å². The number of rotatable bonds is 6. The molecule has 1 unspecified atom stereocenters. The fourth-order valence-electron chi connectivity index (χ4n) is 2.56. The summed E-state index contributed by atoms with van der Waals surface area (Å²) in [5, 5.41) is 6.11. The normalized spacial score (nSPS) is 15.8. The lowest BCUT2D eigenvalue weighted by atomic mass is 10.1. The van der Waals surface area contributed by atoms with Crippen LogP contribution in [0.2, 0.25) is 0 Å². The minimum atomic E-state index is -0.505. The van der Waals surface area contributed by atoms with Crippen LogP contribution in [0.5, 0.6) is 0 Å². The van der Waals surface area contributed by atoms with E-state index in [0.29, 0.717) is 19.6 Å². The highest BCUT2D eigenvalue weighted by Gasteiger charge is 2.32. The fourth-order valence-corrected chi connectivity index (χ4v) is 2.56. The number of amides is 2. The first kappa shape index (κ1) is 20.0. The minimum absolute atomic E-state index is 0.0787. The van der Waals surface area contributed by atoms with Gasteiger partial charge in [0.05, 0.1) is 0 Å². The van der Waals surface area contributed by atoms with Gasteiger partial charge in [0.2, 0.25) is 0 Å². The molecule has 2 amide bonds. The maximum absolute atomic E-state index is 12.0. The van der Waals surface area contributed by atoms with E-state index in [2.05, 4.69) is 10.6 Å². The zero-order valence-corrected chi connectivity index (χ0v) is 16.0. The summed E-state index contributed by atoms with van der Waals surface area (Å²) in [5.74, 6) is 0. The summed E-state index contributed by atoms with van der Waals surface area (Å²) in [6.07, 6.45) is -0.725. The lowest BCUT2D eigenvalue weighted by Gasteiger charge is -2.40. The van der Waals surface area contributed by atoms with E-state index >= 15 is 0 Å². The molecule has 7 heteroatoms. The molecule has 144 valence electrons. The molecular weight excluding hydrogens is 334 g/mol. The summed E-state index contributed by atoms with van der Waals surface area (Å²) in [6.45, 7) is 9.41. The highest BCUT2D eigenvalue weighted by atomic mass is 16.6. The van der Waals surface area contributed by atoms with Crippen molar-refractivity contribution in [2.75, 3.05) is 19.6 Å². The molecule has 1 fully saturated rings. The standard InChI is InChI=1S/C19H29N3O4/c1-14(10-20-17(23)26-19(2,3)4)21-16-11-22(12-16)18(24)25-13-15-8-6-5-7-9-15/h5-9,14,16,21H,10-13H2,1-4H3,(H,20,23). The zero-order valence-electron chi connectivity index (χ0n) is 16.0. The zero-order chi connectivity index (χ0) is 19.2. The van der Waals surface area contributed by atoms with E-state index in [1.807, 2.05) is 58.0 Å². The van der Waals surface area contributed by atoms with Crippen LogP contribution >= 0.6 is 0 Å². The number of carbonyl (C=O) groups excluding carboxylic acids is 2. The summed E-state index contributed by atoms with van der Waals surface area (Å²) in [7, 11) is 0. The van der Waals surface area contributed by atoms with Gasteiger partial charge in [-0.05, 0) is 33.3 Å². The van der Waals surface area contributed by atoms with Gasteiger partial charge in [-0.15, -0.1) is 0 Å². The molecular formula is C19H29N3O4. The third-order valence-electron chi connectivity index (χ3n) is 3.82. The fraction of sp³-hybridized carbons (Fsp3) is 0.579. The summed E-state index contributed by atoms with van der Waals surface area (Å²) in [5.41, 5.74) is 0.466. The van der Waals surface area contributed by atoms with Gasteiger partial charge in [-0.2, -0.15) is 0 Å². The minimum Gasteiger partial charge on any atom is -0.445 e. The maximum Gasteiger partial charge on any atom is 0.410 e. The summed E-state index contributed by atoms with van der Waals surface area (Å²) < 4.78 is 10.5. The van der Waals surface area contributed by atoms with Crippen LogP contribution in [0.4, 0.5) is 9.59 Å². The van der Waals surface area contributed by atoms with Crippen molar-refractivity contribution < 1.29 is 19.1 Å². The largest absolute Gasteiger partial charge is 0.445 e. The summed E-state index contributed by atoms with van der Waals surface area (Å²) in [4.78, 5) is 25.3. The van der Waals surface area contributed by atoms with Gasteiger partial charge in [-0.25, -0.2) is 9.59 Å². The predicted octanol–water partition coefficient (Wildman–Crippen LogP) is 2.51. The van der Waals surface area contributed by atoms with Crippen molar-refractivity contribution in [3.05, 3.63) is 35.9 Å². The Labute approximate surface area is 155 Å². The molecule has 0 aromatic heterocycles. The van der Waals surface area contributed by atoms with Gasteiger partial charge >= 0.3 is 12.2 Å². The SMILES string of the molecule is CC(CNC(=O)OC(C)(C)C)NC1CN(C(=O)OCc2ccccc2)C1. The molecule has 1 aromatic carbocycles. The molecule has 7 nitrogen and oxygen atoms in total. The van der Waals surface area contributed by atoms with Gasteiger partial charge in [0.15, 0.2) is 0 Å². The number of hydrogen-bond donors (Lipinski definition) is 2. The first-order valence-electron chi connectivity index (χ1n) is 8.91. The average Bonchev–Trinajstić information content (AvgIpc) is 2.53. The van der Waals surface area contributed by atoms with Gasteiger partial charge < -0.3 is 25.0 Å². The number of nitrogens with one attached hydrogen (secondary N) is 2. The van der Waals surface area contributed by atoms with Crippen molar-refractivity contribution in [1.82, 2.24) is 15.5 Å². The van der Waals surface area contributed by atoms with Gasteiger partial charge in [0.1, 0.15) is 12.2 Å². The van der Waals surface area contributed by atoms with Gasteiger partial charge in [0, 0.05) is 31.7 Å². The summed E-state index contributed by atoms with van der Waals surface area (Å²) >= 11 is 0. The molecule has 1 aliphatic rings. The van der Waals surface area contributed by atoms with Crippen molar-refractivity contribution in [1.29, 1.82) is 0 Å². The number of hydrogen-bond acceptors (Lipinski definition) is 5. The molecule has 1 aliphatic heterocycles. The average molecular weight is 363 g/mol. The van der Waals surface area contributed by atoms with E-state index in [4.69, 9.17) is 9.47 Å². The van der Waals surface area contributed by atoms with Crippen LogP contribution in [0.3, 0.4) is 0 Å². The summed E-state index contributed by atoms with van der Waals surface area (Å²) in [6, 6.07) is 9.89. The predicted molar refractivity (Wildman–Crippen MR) is 98.8 cm³/mol. The van der Waals surface area contributed by atoms with E-state index in [0.717, 1.165) is 5.56 Å². The van der Waals surface area contributed by atoms with E-state index in [1.165, 1.54) is 0 Å². The van der Waals surface area contributed by atoms with Crippen LogP contribution in [0, 0.1) is 0 Å². The van der Waals surface area contributed by atoms with Crippen LogP contribution in [0.15, 0.2) is 30.3 Å². The van der Waals surface area contributed by atoms with Crippen molar-refractivity contribution in [3.8, 4) is 0 Å². The third-order valence-corrected chi connectivity index (χ3v) is 3.82. The number of benzene rings is 1. The lowest BCUT2D eigenvalue weighted by molar-refractivity contribution is 0.0508. The number of nitrogens with zero attached hydrogens (tertiary/aromatic N) is 1. The Hall–Kier alpha value is -2.28. The number of ether oxygens (including phenoxy) is 2. The highest BCUT2D eigenvalue weighted by Crippen LogP contribution is 2.12. The molecule has 0 spiro atoms. The third kappa shape index (κ3) is 6.92. The Kier molecular flexibility index (Phi) is 6.85. The molecule has 26 heavy (non-hydrogen) atoms. The number of alkyl carbamates (subject to hydrolysis) is 1. The molecule has 0 radical (unpaired) electrons. The van der Waals surface area contributed by atoms with Crippen LogP contribution in [0.25, 0.3) is 0 Å². The van der Waals surface area contributed by atoms with Crippen molar-refractivity contribution in [2.45, 2.75) is 52.0 Å². The Morgan fingerprint density at radius 2 is 1.88 bits per heavy atom. The highest BCUT2D eigenvalue weighted by molar-refractivity contribution is 5.69. The quantitative estimate of drug-likeness (QED) is 0.812. The molecule has 1 heterocycles. The second-order valence-corrected chi connectivity index (χ2v) is 7.59. The Balaban J connectivity index is 1.59. The van der Waals surface area contributed by atoms with Crippen LogP contribution in [-0.2, 0) is 16.1 Å². The monoisotopic (exact) mass is 363 g/mol. The second-order valence-electron chi connectivity index (χ2n) is 7.59. The molecule has 0 aliphatic carbocycles. The second kappa shape index (κ2) is 8.89. The van der Waals surface area contributed by atoms with E-state index in [1.54, 1.807) is 4.90 Å². The van der Waals surface area contributed by atoms with Crippen molar-refractivity contribution in [2.24, 2.45) is 0 Å². The van der Waals surface area contributed by atoms with Crippen molar-refractivity contribution >= 4 is 12.2 Å². The molecule has 1 saturated heterocycles. The molecule has 2 N–H and O–H groups in total. The molecule has 2 rings (SSSR count). The van der Waals surface area contributed by atoms with Gasteiger partial charge in [-0.3, -0.25) is 0 Å². The van der Waals surface area contributed by atoms with Crippen molar-refractivity contribution in [3.63, 3.8) is 0 Å². The van der Waals surface area contributed by atoms with Crippen LogP contribution < -0.4 is 10.6 Å². The smallest absolute Gasteiger partial charge is 0.410 e. The van der Waals surface area contributed by atoms with Crippen LogP contribution in [-0.4, -0.2) is 54.4 Å². The molecule has 1 atom stereocenters. The first-order valence-corrected chi connectivity index (χ1v) is 8.91. The maximum atomic E-state index is 12.0. The Morgan fingerprint density at radius 1 is 1.23 bits per heavy atom. The number of likely N-dealkylation sites (tertiary alicyclic amines) is 1. The Morgan fingerprint density at radius 3 is 2.50 bits per heavy atom. The molecule has 0 saturated carbocycles. The van der Waals surface area contributed by atoms with Gasteiger partial charge in [0.25, 0.3) is 0 Å². The first-order chi connectivity index (χ1) is 12.2. The van der Waals surface area contributed by atoms with E-state index in [9.17, 15) is 9.59 Å². The van der Waals surface area contributed by atoms with E-state index in [-0.39, 0.29) is 24.8 Å². The van der Waals surface area contributed by atoms with Gasteiger partial charge in [-0.1, -0.05) is 30.3 Å². The number of carbonyl (C=O) groups is 2. The van der Waals surface area contributed by atoms with E-state index < -0.39 is 11.7 Å².